The maximum absolute atomic E-state index is 12.5. The highest BCUT2D eigenvalue weighted by atomic mass is 16.5. The number of benzene rings is 1. The van der Waals surface area contributed by atoms with Crippen molar-refractivity contribution < 1.29 is 29.0 Å². The smallest absolute Gasteiger partial charge is 0.160 e. The number of carbonyl (C=O) groups is 3. The minimum Gasteiger partial charge on any atom is -0.493 e. The van der Waals surface area contributed by atoms with Crippen molar-refractivity contribution in [2.24, 2.45) is 11.8 Å². The van der Waals surface area contributed by atoms with Crippen LogP contribution in [-0.4, -0.2) is 42.3 Å². The summed E-state index contributed by atoms with van der Waals surface area (Å²) in [6.07, 6.45) is -0.217. The Balaban J connectivity index is 2.66. The van der Waals surface area contributed by atoms with Crippen molar-refractivity contribution in [1.29, 1.82) is 0 Å². The van der Waals surface area contributed by atoms with Crippen LogP contribution in [0.4, 0.5) is 0 Å². The normalized spacial score (nSPS) is 29.2. The van der Waals surface area contributed by atoms with Crippen LogP contribution in [0, 0.1) is 11.8 Å². The predicted octanol–water partition coefficient (Wildman–Crippen LogP) is 1.92. The molecule has 0 heterocycles. The molecule has 0 aliphatic heterocycles. The van der Waals surface area contributed by atoms with Crippen LogP contribution in [0.3, 0.4) is 0 Å². The van der Waals surface area contributed by atoms with Crippen LogP contribution in [0.5, 0.6) is 11.5 Å². The molecule has 6 heteroatoms. The second kappa shape index (κ2) is 6.96. The van der Waals surface area contributed by atoms with E-state index in [2.05, 4.69) is 0 Å². The number of hydrogen-bond acceptors (Lipinski definition) is 6. The number of methoxy groups -OCH3 is 2. The minimum atomic E-state index is -1.51. The molecule has 0 amide bonds. The maximum atomic E-state index is 12.5. The molecule has 1 aliphatic carbocycles. The Labute approximate surface area is 147 Å². The molecular formula is C19H24O6. The first-order valence-corrected chi connectivity index (χ1v) is 8.12. The van der Waals surface area contributed by atoms with Gasteiger partial charge >= 0.3 is 0 Å². The lowest BCUT2D eigenvalue weighted by Crippen LogP contribution is -2.53. The summed E-state index contributed by atoms with van der Waals surface area (Å²) in [5.41, 5.74) is -0.918. The van der Waals surface area contributed by atoms with Gasteiger partial charge in [0.2, 0.25) is 0 Å². The van der Waals surface area contributed by atoms with Gasteiger partial charge in [-0.15, -0.1) is 0 Å². The molecule has 25 heavy (non-hydrogen) atoms. The Morgan fingerprint density at radius 1 is 1.12 bits per heavy atom. The molecule has 1 saturated carbocycles. The first kappa shape index (κ1) is 19.1. The van der Waals surface area contributed by atoms with E-state index in [0.29, 0.717) is 17.1 Å². The van der Waals surface area contributed by atoms with E-state index in [1.54, 1.807) is 18.2 Å². The average Bonchev–Trinajstić information content (AvgIpc) is 2.51. The molecule has 0 radical (unpaired) electrons. The van der Waals surface area contributed by atoms with E-state index in [1.165, 1.54) is 35.0 Å². The standard InChI is InChI=1S/C19H24O6/c1-10(20)16-13(22)9-19(3,23)18(11(2)21)17(16)12-6-7-14(24-4)15(8-12)25-5/h6-8,16-18,23H,9H2,1-5H3. The molecule has 1 aromatic carbocycles. The number of ketones is 3. The number of ether oxygens (including phenoxy) is 2. The van der Waals surface area contributed by atoms with Gasteiger partial charge in [0.05, 0.1) is 31.7 Å². The summed E-state index contributed by atoms with van der Waals surface area (Å²) < 4.78 is 10.5. The Hall–Kier alpha value is -2.21. The quantitative estimate of drug-likeness (QED) is 0.818. The van der Waals surface area contributed by atoms with Crippen LogP contribution < -0.4 is 9.47 Å². The summed E-state index contributed by atoms with van der Waals surface area (Å²) in [4.78, 5) is 37.0. The number of Topliss-reactive ketones (excluding diaryl/α,β-unsaturated/α-hetero) is 3. The van der Waals surface area contributed by atoms with Crippen molar-refractivity contribution >= 4 is 17.3 Å². The lowest BCUT2D eigenvalue weighted by atomic mass is 9.60. The molecule has 6 nitrogen and oxygen atoms in total. The molecular weight excluding hydrogens is 324 g/mol. The van der Waals surface area contributed by atoms with Crippen LogP contribution in [0.25, 0.3) is 0 Å². The molecule has 1 fully saturated rings. The van der Waals surface area contributed by atoms with Gasteiger partial charge in [0.1, 0.15) is 17.3 Å². The van der Waals surface area contributed by atoms with Crippen molar-refractivity contribution in [3.05, 3.63) is 23.8 Å². The van der Waals surface area contributed by atoms with E-state index >= 15 is 0 Å². The zero-order valence-electron chi connectivity index (χ0n) is 15.2. The summed E-state index contributed by atoms with van der Waals surface area (Å²) >= 11 is 0. The summed E-state index contributed by atoms with van der Waals surface area (Å²) in [6.45, 7) is 4.19. The fourth-order valence-electron chi connectivity index (χ4n) is 3.97. The second-order valence-electron chi connectivity index (χ2n) is 6.82. The zero-order chi connectivity index (χ0) is 18.9. The van der Waals surface area contributed by atoms with Crippen molar-refractivity contribution in [1.82, 2.24) is 0 Å². The Morgan fingerprint density at radius 3 is 2.20 bits per heavy atom. The fraction of sp³-hybridized carbons (Fsp3) is 0.526. The highest BCUT2D eigenvalue weighted by Gasteiger charge is 2.53. The molecule has 0 saturated heterocycles. The lowest BCUT2D eigenvalue weighted by Gasteiger charge is -2.44. The molecule has 1 aliphatic rings. The van der Waals surface area contributed by atoms with Crippen molar-refractivity contribution in [2.75, 3.05) is 14.2 Å². The molecule has 4 unspecified atom stereocenters. The van der Waals surface area contributed by atoms with E-state index in [4.69, 9.17) is 9.47 Å². The lowest BCUT2D eigenvalue weighted by molar-refractivity contribution is -0.151. The Morgan fingerprint density at radius 2 is 1.72 bits per heavy atom. The van der Waals surface area contributed by atoms with E-state index in [0.717, 1.165) is 0 Å². The molecule has 1 N–H and O–H groups in total. The van der Waals surface area contributed by atoms with E-state index < -0.39 is 23.4 Å². The van der Waals surface area contributed by atoms with Gasteiger partial charge in [-0.25, -0.2) is 0 Å². The number of rotatable bonds is 5. The van der Waals surface area contributed by atoms with E-state index in [1.807, 2.05) is 0 Å². The van der Waals surface area contributed by atoms with Crippen molar-refractivity contribution in [2.45, 2.75) is 38.7 Å². The minimum absolute atomic E-state index is 0.217. The first-order valence-electron chi connectivity index (χ1n) is 8.12. The van der Waals surface area contributed by atoms with Crippen LogP contribution >= 0.6 is 0 Å². The molecule has 136 valence electrons. The third-order valence-corrected chi connectivity index (χ3v) is 4.94. The van der Waals surface area contributed by atoms with Gasteiger partial charge in [-0.3, -0.25) is 14.4 Å². The van der Waals surface area contributed by atoms with Crippen LogP contribution in [0.1, 0.15) is 38.7 Å². The van der Waals surface area contributed by atoms with Crippen LogP contribution in [0.2, 0.25) is 0 Å². The SMILES string of the molecule is COc1ccc(C2C(C(C)=O)C(=O)CC(C)(O)C2C(C)=O)cc1OC. The number of hydrogen-bond donors (Lipinski definition) is 1. The molecule has 4 atom stereocenters. The van der Waals surface area contributed by atoms with Crippen LogP contribution in [-0.2, 0) is 14.4 Å². The third-order valence-electron chi connectivity index (χ3n) is 4.94. The molecule has 0 aromatic heterocycles. The monoisotopic (exact) mass is 348 g/mol. The molecule has 0 bridgehead atoms. The van der Waals surface area contributed by atoms with Gasteiger partial charge in [-0.2, -0.15) is 0 Å². The fourth-order valence-corrected chi connectivity index (χ4v) is 3.97. The summed E-state index contributed by atoms with van der Waals surface area (Å²) in [5.74, 6) is -2.57. The summed E-state index contributed by atoms with van der Waals surface area (Å²) in [7, 11) is 2.98. The van der Waals surface area contributed by atoms with Crippen molar-refractivity contribution in [3.8, 4) is 11.5 Å². The highest BCUT2D eigenvalue weighted by Crippen LogP contribution is 2.47. The third kappa shape index (κ3) is 3.44. The van der Waals surface area contributed by atoms with E-state index in [9.17, 15) is 19.5 Å². The predicted molar refractivity (Wildman–Crippen MR) is 90.9 cm³/mol. The zero-order valence-corrected chi connectivity index (χ0v) is 15.2. The largest absolute Gasteiger partial charge is 0.493 e. The van der Waals surface area contributed by atoms with Gasteiger partial charge in [0.25, 0.3) is 0 Å². The Bertz CT molecular complexity index is 706. The van der Waals surface area contributed by atoms with Gasteiger partial charge in [0, 0.05) is 12.3 Å². The first-order chi connectivity index (χ1) is 11.6. The molecule has 2 rings (SSSR count). The second-order valence-corrected chi connectivity index (χ2v) is 6.82. The molecule has 1 aromatic rings. The van der Waals surface area contributed by atoms with Gasteiger partial charge in [-0.05, 0) is 38.5 Å². The van der Waals surface area contributed by atoms with Gasteiger partial charge < -0.3 is 14.6 Å². The summed E-state index contributed by atoms with van der Waals surface area (Å²) in [5, 5.41) is 10.7. The topological polar surface area (TPSA) is 89.9 Å². The number of carbonyl (C=O) groups excluding carboxylic acids is 3. The average molecular weight is 348 g/mol. The van der Waals surface area contributed by atoms with E-state index in [-0.39, 0.29) is 23.8 Å². The number of aliphatic hydroxyl groups is 1. The van der Waals surface area contributed by atoms with Crippen molar-refractivity contribution in [3.63, 3.8) is 0 Å². The highest BCUT2D eigenvalue weighted by molar-refractivity contribution is 6.05. The Kier molecular flexibility index (Phi) is 5.32. The van der Waals surface area contributed by atoms with Gasteiger partial charge in [-0.1, -0.05) is 6.07 Å². The summed E-state index contributed by atoms with van der Waals surface area (Å²) in [6, 6.07) is 5.02. The molecule has 0 spiro atoms. The maximum Gasteiger partial charge on any atom is 0.160 e. The van der Waals surface area contributed by atoms with Gasteiger partial charge in [0.15, 0.2) is 11.5 Å². The van der Waals surface area contributed by atoms with Crippen LogP contribution in [0.15, 0.2) is 18.2 Å².